The van der Waals surface area contributed by atoms with Gasteiger partial charge in [-0.25, -0.2) is 0 Å². The summed E-state index contributed by atoms with van der Waals surface area (Å²) >= 11 is 0. The van der Waals surface area contributed by atoms with E-state index in [1.165, 1.54) is 11.1 Å². The number of rotatable bonds is 6. The first-order valence-corrected chi connectivity index (χ1v) is 13.6. The Morgan fingerprint density at radius 3 is 1.48 bits per heavy atom. The second-order valence-electron chi connectivity index (χ2n) is 9.77. The largest absolute Gasteiger partial charge is 0.497 e. The van der Waals surface area contributed by atoms with E-state index in [2.05, 4.69) is 92.8 Å². The molecule has 168 valence electrons. The van der Waals surface area contributed by atoms with Gasteiger partial charge in [0, 0.05) is 5.56 Å². The van der Waals surface area contributed by atoms with Crippen molar-refractivity contribution in [2.45, 2.75) is 85.9 Å². The summed E-state index contributed by atoms with van der Waals surface area (Å²) in [4.78, 5) is 0. The van der Waals surface area contributed by atoms with Crippen LogP contribution >= 0.6 is 0 Å². The lowest BCUT2D eigenvalue weighted by atomic mass is 10.0. The van der Waals surface area contributed by atoms with Crippen LogP contribution in [0.5, 0.6) is 17.2 Å². The highest BCUT2D eigenvalue weighted by molar-refractivity contribution is 6.90. The van der Waals surface area contributed by atoms with Gasteiger partial charge in [-0.05, 0) is 90.8 Å². The lowest BCUT2D eigenvalue weighted by molar-refractivity contribution is 0.411. The Balaban J connectivity index is 2.46. The summed E-state index contributed by atoms with van der Waals surface area (Å²) in [5, 5.41) is 0. The Labute approximate surface area is 191 Å². The Morgan fingerprint density at radius 1 is 0.677 bits per heavy atom. The third-order valence-electron chi connectivity index (χ3n) is 6.67. The van der Waals surface area contributed by atoms with Crippen LogP contribution in [-0.2, 0) is 0 Å². The molecule has 0 aliphatic carbocycles. The van der Waals surface area contributed by atoms with Crippen LogP contribution in [0.4, 0.5) is 0 Å². The molecular formula is C28H40O2Si. The van der Waals surface area contributed by atoms with Crippen LogP contribution in [0.1, 0.15) is 69.4 Å². The maximum atomic E-state index is 6.32. The van der Waals surface area contributed by atoms with Gasteiger partial charge < -0.3 is 9.47 Å². The van der Waals surface area contributed by atoms with Gasteiger partial charge in [0.25, 0.3) is 0 Å². The van der Waals surface area contributed by atoms with Crippen LogP contribution in [0.15, 0.2) is 24.3 Å². The van der Waals surface area contributed by atoms with E-state index in [1.807, 2.05) is 12.1 Å². The molecule has 31 heavy (non-hydrogen) atoms. The van der Waals surface area contributed by atoms with Crippen molar-refractivity contribution in [3.05, 3.63) is 52.1 Å². The number of hydrogen-bond donors (Lipinski definition) is 0. The van der Waals surface area contributed by atoms with Crippen molar-refractivity contribution in [3.63, 3.8) is 0 Å². The summed E-state index contributed by atoms with van der Waals surface area (Å²) < 4.78 is 11.7. The van der Waals surface area contributed by atoms with E-state index in [4.69, 9.17) is 9.47 Å². The number of methoxy groups -OCH3 is 1. The summed E-state index contributed by atoms with van der Waals surface area (Å²) in [5.74, 6) is 6.24. The van der Waals surface area contributed by atoms with Crippen LogP contribution in [0.3, 0.4) is 0 Å². The van der Waals surface area contributed by atoms with Crippen molar-refractivity contribution >= 4 is 8.07 Å². The quantitative estimate of drug-likeness (QED) is 0.335. The number of aryl methyl sites for hydroxylation is 4. The minimum absolute atomic E-state index is 0.629. The van der Waals surface area contributed by atoms with Crippen LogP contribution in [0, 0.1) is 39.2 Å². The van der Waals surface area contributed by atoms with Crippen LogP contribution < -0.4 is 9.47 Å². The maximum Gasteiger partial charge on any atom is 0.146 e. The SMILES string of the molecule is COc1cc(C)c(Oc2cc(C)c(C#C[Si](C(C)C)(C(C)C)C(C)C)c(C)c2)c(C)c1. The highest BCUT2D eigenvalue weighted by Crippen LogP contribution is 2.41. The van der Waals surface area contributed by atoms with Crippen molar-refractivity contribution in [1.29, 1.82) is 0 Å². The molecule has 0 radical (unpaired) electrons. The highest BCUT2D eigenvalue weighted by Gasteiger charge is 2.41. The summed E-state index contributed by atoms with van der Waals surface area (Å²) in [5.41, 5.74) is 11.4. The molecule has 0 N–H and O–H groups in total. The van der Waals surface area contributed by atoms with Crippen molar-refractivity contribution in [2.75, 3.05) is 7.11 Å². The van der Waals surface area contributed by atoms with E-state index in [0.717, 1.165) is 33.9 Å². The van der Waals surface area contributed by atoms with Crippen molar-refractivity contribution in [3.8, 4) is 28.7 Å². The van der Waals surface area contributed by atoms with Gasteiger partial charge in [0.1, 0.15) is 25.3 Å². The first-order valence-electron chi connectivity index (χ1n) is 11.4. The summed E-state index contributed by atoms with van der Waals surface area (Å²) in [6.45, 7) is 22.5. The third kappa shape index (κ3) is 5.18. The van der Waals surface area contributed by atoms with Crippen molar-refractivity contribution in [2.24, 2.45) is 0 Å². The average Bonchev–Trinajstić information content (AvgIpc) is 2.65. The molecule has 0 saturated heterocycles. The molecule has 0 aliphatic rings. The zero-order valence-electron chi connectivity index (χ0n) is 21.4. The Morgan fingerprint density at radius 2 is 1.10 bits per heavy atom. The molecule has 0 atom stereocenters. The van der Waals surface area contributed by atoms with Crippen LogP contribution in [0.25, 0.3) is 0 Å². The predicted octanol–water partition coefficient (Wildman–Crippen LogP) is 8.29. The monoisotopic (exact) mass is 436 g/mol. The first-order chi connectivity index (χ1) is 14.4. The first kappa shape index (κ1) is 25.1. The molecule has 2 rings (SSSR count). The molecule has 0 aliphatic heterocycles. The maximum absolute atomic E-state index is 6.32. The van der Waals surface area contributed by atoms with E-state index in [0.29, 0.717) is 16.6 Å². The standard InChI is InChI=1S/C28H40O2Si/c1-18(2)31(19(3)4,20(5)6)13-12-27-21(7)14-26(15-22(27)8)30-28-23(9)16-25(29-11)17-24(28)10/h14-20H,1-11H3. The number of ether oxygens (including phenoxy) is 2. The van der Waals surface area contributed by atoms with Crippen LogP contribution in [-0.4, -0.2) is 15.2 Å². The van der Waals surface area contributed by atoms with Gasteiger partial charge in [-0.2, -0.15) is 0 Å². The Bertz CT molecular complexity index is 922. The van der Waals surface area contributed by atoms with E-state index in [1.54, 1.807) is 7.11 Å². The molecule has 0 spiro atoms. The summed E-state index contributed by atoms with van der Waals surface area (Å²) in [7, 11) is -0.0679. The molecule has 0 fully saturated rings. The summed E-state index contributed by atoms with van der Waals surface area (Å²) in [6, 6.07) is 8.25. The minimum atomic E-state index is -1.76. The molecule has 0 saturated carbocycles. The third-order valence-corrected chi connectivity index (χ3v) is 13.0. The molecule has 2 aromatic carbocycles. The molecule has 0 heterocycles. The van der Waals surface area contributed by atoms with E-state index >= 15 is 0 Å². The van der Waals surface area contributed by atoms with Gasteiger partial charge in [-0.3, -0.25) is 0 Å². The molecule has 2 nitrogen and oxygen atoms in total. The Hall–Kier alpha value is -2.18. The van der Waals surface area contributed by atoms with Crippen molar-refractivity contribution in [1.82, 2.24) is 0 Å². The van der Waals surface area contributed by atoms with Crippen molar-refractivity contribution < 1.29 is 9.47 Å². The predicted molar refractivity (Wildman–Crippen MR) is 136 cm³/mol. The molecule has 0 aromatic heterocycles. The molecular weight excluding hydrogens is 396 g/mol. The number of benzene rings is 2. The smallest absolute Gasteiger partial charge is 0.146 e. The van der Waals surface area contributed by atoms with Gasteiger partial charge in [0.2, 0.25) is 0 Å². The molecule has 0 unspecified atom stereocenters. The minimum Gasteiger partial charge on any atom is -0.497 e. The molecule has 0 bridgehead atoms. The second-order valence-corrected chi connectivity index (χ2v) is 15.4. The van der Waals surface area contributed by atoms with E-state index < -0.39 is 8.07 Å². The normalized spacial score (nSPS) is 11.7. The summed E-state index contributed by atoms with van der Waals surface area (Å²) in [6.07, 6.45) is 0. The van der Waals surface area contributed by atoms with Gasteiger partial charge in [-0.15, -0.1) is 5.54 Å². The van der Waals surface area contributed by atoms with Gasteiger partial charge in [-0.1, -0.05) is 47.5 Å². The van der Waals surface area contributed by atoms with Gasteiger partial charge >= 0.3 is 0 Å². The number of hydrogen-bond acceptors (Lipinski definition) is 2. The lowest BCUT2D eigenvalue weighted by Gasteiger charge is -2.38. The fraction of sp³-hybridized carbons (Fsp3) is 0.500. The van der Waals surface area contributed by atoms with Gasteiger partial charge in [0.05, 0.1) is 7.11 Å². The lowest BCUT2D eigenvalue weighted by Crippen LogP contribution is -2.43. The van der Waals surface area contributed by atoms with Gasteiger partial charge in [0.15, 0.2) is 0 Å². The van der Waals surface area contributed by atoms with Crippen LogP contribution in [0.2, 0.25) is 16.6 Å². The van der Waals surface area contributed by atoms with E-state index in [-0.39, 0.29) is 0 Å². The topological polar surface area (TPSA) is 18.5 Å². The molecule has 2 aromatic rings. The second kappa shape index (κ2) is 9.96. The molecule has 0 amide bonds. The zero-order valence-corrected chi connectivity index (χ0v) is 22.4. The zero-order chi connectivity index (χ0) is 23.5. The average molecular weight is 437 g/mol. The highest BCUT2D eigenvalue weighted by atomic mass is 28.3. The fourth-order valence-corrected chi connectivity index (χ4v) is 10.3. The van der Waals surface area contributed by atoms with E-state index in [9.17, 15) is 0 Å². The molecule has 3 heteroatoms. The fourth-order valence-electron chi connectivity index (χ4n) is 5.09. The Kier molecular flexibility index (Phi) is 8.06.